The van der Waals surface area contributed by atoms with Gasteiger partial charge in [-0.3, -0.25) is 14.7 Å². The molecule has 2 aromatic heterocycles. The summed E-state index contributed by atoms with van der Waals surface area (Å²) in [5, 5.41) is 13.4. The van der Waals surface area contributed by atoms with E-state index in [2.05, 4.69) is 59.3 Å². The Morgan fingerprint density at radius 1 is 1.16 bits per heavy atom. The molecular weight excluding hydrogens is 396 g/mol. The second-order valence-electron chi connectivity index (χ2n) is 9.36. The Morgan fingerprint density at radius 3 is 2.84 bits per heavy atom. The van der Waals surface area contributed by atoms with Gasteiger partial charge in [0.15, 0.2) is 5.82 Å². The van der Waals surface area contributed by atoms with Gasteiger partial charge in [-0.1, -0.05) is 25.1 Å². The third kappa shape index (κ3) is 3.25. The smallest absolute Gasteiger partial charge is 0.181 e. The van der Waals surface area contributed by atoms with Crippen molar-refractivity contribution >= 4 is 10.9 Å². The quantitative estimate of drug-likeness (QED) is 0.500. The minimum Gasteiger partial charge on any atom is -0.297 e. The summed E-state index contributed by atoms with van der Waals surface area (Å²) in [5.74, 6) is 2.49. The van der Waals surface area contributed by atoms with Gasteiger partial charge in [-0.2, -0.15) is 10.2 Å². The zero-order valence-corrected chi connectivity index (χ0v) is 19.1. The number of benzene rings is 2. The maximum atomic E-state index is 4.98. The summed E-state index contributed by atoms with van der Waals surface area (Å²) in [6.07, 6.45) is 6.40. The lowest BCUT2D eigenvalue weighted by molar-refractivity contribution is 0.210. The topological polar surface area (TPSA) is 62.6 Å². The van der Waals surface area contributed by atoms with Gasteiger partial charge in [-0.05, 0) is 73.0 Å². The van der Waals surface area contributed by atoms with Crippen molar-refractivity contribution in [2.24, 2.45) is 7.05 Å². The summed E-state index contributed by atoms with van der Waals surface area (Å²) in [6.45, 7) is 6.77. The number of H-pyrrole nitrogens is 1. The van der Waals surface area contributed by atoms with Gasteiger partial charge < -0.3 is 0 Å². The Hall–Kier alpha value is -2.99. The fourth-order valence-electron chi connectivity index (χ4n) is 5.41. The van der Waals surface area contributed by atoms with Crippen molar-refractivity contribution in [2.75, 3.05) is 13.1 Å². The van der Waals surface area contributed by atoms with E-state index in [1.165, 1.54) is 40.5 Å². The molecule has 2 aromatic carbocycles. The fourth-order valence-corrected chi connectivity index (χ4v) is 5.41. The third-order valence-electron chi connectivity index (χ3n) is 7.42. The summed E-state index contributed by atoms with van der Waals surface area (Å²) in [5.41, 5.74) is 7.93. The second kappa shape index (κ2) is 7.55. The summed E-state index contributed by atoms with van der Waals surface area (Å²) in [4.78, 5) is 7.52. The van der Waals surface area contributed by atoms with Crippen LogP contribution in [0.4, 0.5) is 0 Å². The fraction of sp³-hybridized carbons (Fsp3) is 0.423. The zero-order chi connectivity index (χ0) is 21.8. The maximum absolute atomic E-state index is 4.98. The van der Waals surface area contributed by atoms with E-state index in [9.17, 15) is 0 Å². The van der Waals surface area contributed by atoms with Crippen LogP contribution in [0.1, 0.15) is 66.7 Å². The molecule has 0 bridgehead atoms. The van der Waals surface area contributed by atoms with E-state index >= 15 is 0 Å². The predicted octanol–water partition coefficient (Wildman–Crippen LogP) is 4.77. The van der Waals surface area contributed by atoms with Crippen molar-refractivity contribution in [1.82, 2.24) is 29.9 Å². The molecule has 0 radical (unpaired) electrons. The molecule has 4 aromatic rings. The van der Waals surface area contributed by atoms with Crippen LogP contribution < -0.4 is 0 Å². The first-order chi connectivity index (χ1) is 15.6. The van der Waals surface area contributed by atoms with Crippen molar-refractivity contribution in [3.05, 3.63) is 64.6 Å². The van der Waals surface area contributed by atoms with Crippen molar-refractivity contribution in [3.63, 3.8) is 0 Å². The molecule has 3 heterocycles. The number of likely N-dealkylation sites (N-methyl/N-ethyl adjacent to an activating group) is 1. The highest BCUT2D eigenvalue weighted by atomic mass is 15.3. The molecule has 1 unspecified atom stereocenters. The molecule has 6 heteroatoms. The van der Waals surface area contributed by atoms with Crippen LogP contribution in [0.5, 0.6) is 0 Å². The highest BCUT2D eigenvalue weighted by Gasteiger charge is 2.29. The SMILES string of the molecule is CCN1CCc2cc(-c3nc(Cc4ccc5[nH]ncc5c4C4CC4)n(C)n3)ccc2C1C. The predicted molar refractivity (Wildman–Crippen MR) is 127 cm³/mol. The third-order valence-corrected chi connectivity index (χ3v) is 7.42. The van der Waals surface area contributed by atoms with E-state index in [1.54, 1.807) is 0 Å². The zero-order valence-electron chi connectivity index (χ0n) is 19.1. The highest BCUT2D eigenvalue weighted by molar-refractivity contribution is 5.84. The molecule has 1 aliphatic carbocycles. The number of aromatic amines is 1. The van der Waals surface area contributed by atoms with E-state index in [-0.39, 0.29) is 0 Å². The lowest BCUT2D eigenvalue weighted by Crippen LogP contribution is -2.33. The van der Waals surface area contributed by atoms with Crippen molar-refractivity contribution < 1.29 is 0 Å². The normalized spacial score (nSPS) is 18.9. The summed E-state index contributed by atoms with van der Waals surface area (Å²) < 4.78 is 1.95. The first kappa shape index (κ1) is 19.7. The molecule has 0 saturated heterocycles. The van der Waals surface area contributed by atoms with E-state index in [0.717, 1.165) is 48.7 Å². The molecule has 1 fully saturated rings. The molecule has 1 saturated carbocycles. The Balaban J connectivity index is 1.32. The van der Waals surface area contributed by atoms with Crippen LogP contribution in [0.2, 0.25) is 0 Å². The summed E-state index contributed by atoms with van der Waals surface area (Å²) in [7, 11) is 2.01. The average molecular weight is 427 g/mol. The van der Waals surface area contributed by atoms with Gasteiger partial charge in [-0.25, -0.2) is 4.98 Å². The van der Waals surface area contributed by atoms with E-state index < -0.39 is 0 Å². The minimum atomic E-state index is 0.476. The van der Waals surface area contributed by atoms with Gasteiger partial charge in [0.2, 0.25) is 0 Å². The number of rotatable bonds is 5. The lowest BCUT2D eigenvalue weighted by atomic mass is 9.92. The Kier molecular flexibility index (Phi) is 4.65. The van der Waals surface area contributed by atoms with Gasteiger partial charge in [0.1, 0.15) is 5.82 Å². The number of aromatic nitrogens is 5. The van der Waals surface area contributed by atoms with Gasteiger partial charge in [0.05, 0.1) is 11.7 Å². The van der Waals surface area contributed by atoms with Gasteiger partial charge in [-0.15, -0.1) is 0 Å². The molecule has 6 nitrogen and oxygen atoms in total. The Morgan fingerprint density at radius 2 is 2.03 bits per heavy atom. The van der Waals surface area contributed by atoms with Crippen LogP contribution in [-0.4, -0.2) is 43.0 Å². The van der Waals surface area contributed by atoms with Crippen LogP contribution >= 0.6 is 0 Å². The molecule has 2 aliphatic rings. The van der Waals surface area contributed by atoms with E-state index in [0.29, 0.717) is 12.0 Å². The average Bonchev–Trinajstić information content (AvgIpc) is 3.41. The molecular formula is C26H30N6. The molecule has 1 atom stereocenters. The number of nitrogens with one attached hydrogen (secondary N) is 1. The second-order valence-corrected chi connectivity index (χ2v) is 9.36. The van der Waals surface area contributed by atoms with Gasteiger partial charge in [0, 0.05) is 37.0 Å². The number of aryl methyl sites for hydroxylation is 1. The van der Waals surface area contributed by atoms with Crippen molar-refractivity contribution in [1.29, 1.82) is 0 Å². The number of fused-ring (bicyclic) bond motifs is 2. The van der Waals surface area contributed by atoms with Crippen molar-refractivity contribution in [2.45, 2.75) is 51.5 Å². The largest absolute Gasteiger partial charge is 0.297 e. The molecule has 32 heavy (non-hydrogen) atoms. The van der Waals surface area contributed by atoms with Crippen LogP contribution in [0.3, 0.4) is 0 Å². The number of hydrogen-bond acceptors (Lipinski definition) is 4. The standard InChI is InChI=1S/C26H30N6/c1-4-32-12-11-18-13-20(7-9-21(18)16(32)2)26-28-24(31(3)30-26)14-19-8-10-23-22(15-27-29-23)25(19)17-5-6-17/h7-10,13,15-17H,4-6,11-12,14H2,1-3H3,(H,27,29). The number of nitrogens with zero attached hydrogens (tertiary/aromatic N) is 5. The molecule has 1 N–H and O–H groups in total. The van der Waals surface area contributed by atoms with E-state index in [4.69, 9.17) is 10.1 Å². The molecule has 0 amide bonds. The van der Waals surface area contributed by atoms with Crippen LogP contribution in [0.15, 0.2) is 36.5 Å². The molecule has 6 rings (SSSR count). The molecule has 1 aliphatic heterocycles. The summed E-state index contributed by atoms with van der Waals surface area (Å²) >= 11 is 0. The lowest BCUT2D eigenvalue weighted by Gasteiger charge is -2.34. The monoisotopic (exact) mass is 426 g/mol. The van der Waals surface area contributed by atoms with Gasteiger partial charge >= 0.3 is 0 Å². The highest BCUT2D eigenvalue weighted by Crippen LogP contribution is 2.45. The van der Waals surface area contributed by atoms with Gasteiger partial charge in [0.25, 0.3) is 0 Å². The molecule has 164 valence electrons. The van der Waals surface area contributed by atoms with Crippen molar-refractivity contribution in [3.8, 4) is 11.4 Å². The van der Waals surface area contributed by atoms with Crippen LogP contribution in [-0.2, 0) is 19.9 Å². The van der Waals surface area contributed by atoms with E-state index in [1.807, 2.05) is 17.9 Å². The summed E-state index contributed by atoms with van der Waals surface area (Å²) in [6, 6.07) is 11.6. The number of hydrogen-bond donors (Lipinski definition) is 1. The first-order valence-electron chi connectivity index (χ1n) is 11.8. The minimum absolute atomic E-state index is 0.476. The first-order valence-corrected chi connectivity index (χ1v) is 11.8. The Bertz CT molecular complexity index is 1300. The Labute approximate surface area is 188 Å². The van der Waals surface area contributed by atoms with Crippen LogP contribution in [0, 0.1) is 0 Å². The maximum Gasteiger partial charge on any atom is 0.181 e. The molecule has 0 spiro atoms. The van der Waals surface area contributed by atoms with Crippen LogP contribution in [0.25, 0.3) is 22.3 Å².